The zero-order chi connectivity index (χ0) is 29.8. The van der Waals surface area contributed by atoms with Gasteiger partial charge in [0.25, 0.3) is 0 Å². The molecule has 6 heteroatoms. The number of rotatable bonds is 27. The summed E-state index contributed by atoms with van der Waals surface area (Å²) < 4.78 is 0. The molecule has 0 radical (unpaired) electrons. The molecule has 0 aromatic rings. The van der Waals surface area contributed by atoms with Crippen molar-refractivity contribution in [3.8, 4) is 0 Å². The molecule has 0 N–H and O–H groups in total. The minimum atomic E-state index is -0.158. The van der Waals surface area contributed by atoms with E-state index < -0.39 is 0 Å². The van der Waals surface area contributed by atoms with E-state index in [1.54, 1.807) is 0 Å². The second-order valence-corrected chi connectivity index (χ2v) is 11.5. The molecule has 0 saturated heterocycles. The normalized spacial score (nSPS) is 11.0. The lowest BCUT2D eigenvalue weighted by Gasteiger charge is -2.26. The third-order valence-corrected chi connectivity index (χ3v) is 7.73. The van der Waals surface area contributed by atoms with Crippen LogP contribution in [-0.4, -0.2) is 46.5 Å². The predicted octanol–water partition coefficient (Wildman–Crippen LogP) is 9.14. The van der Waals surface area contributed by atoms with Crippen LogP contribution in [-0.2, 0) is 19.2 Å². The number of carbonyl (C=O) groups excluding carboxylic acids is 4. The van der Waals surface area contributed by atoms with Gasteiger partial charge in [-0.2, -0.15) is 0 Å². The average molecular weight is 565 g/mol. The Kier molecular flexibility index (Phi) is 26.3. The van der Waals surface area contributed by atoms with Gasteiger partial charge in [0.15, 0.2) is 0 Å². The van der Waals surface area contributed by atoms with E-state index in [4.69, 9.17) is 0 Å². The fraction of sp³-hybridized carbons (Fsp3) is 0.882. The quantitative estimate of drug-likeness (QED) is 0.0932. The van der Waals surface area contributed by atoms with Gasteiger partial charge < -0.3 is 0 Å². The number of hydrogen-bond donors (Lipinski definition) is 0. The maximum absolute atomic E-state index is 13.2. The lowest BCUT2D eigenvalue weighted by molar-refractivity contribution is -0.150. The van der Waals surface area contributed by atoms with Crippen LogP contribution in [0.5, 0.6) is 0 Å². The molecular formula is C34H64N2O4. The van der Waals surface area contributed by atoms with Gasteiger partial charge in [0.1, 0.15) is 0 Å². The van der Waals surface area contributed by atoms with Crippen LogP contribution in [0, 0.1) is 0 Å². The Bertz CT molecular complexity index is 556. The molecule has 0 aliphatic rings. The molecule has 0 saturated carbocycles. The maximum Gasteiger partial charge on any atom is 0.229 e. The van der Waals surface area contributed by atoms with Crippen LogP contribution < -0.4 is 0 Å². The average Bonchev–Trinajstić information content (AvgIpc) is 2.94. The van der Waals surface area contributed by atoms with E-state index in [1.807, 2.05) is 0 Å². The molecule has 234 valence electrons. The van der Waals surface area contributed by atoms with Gasteiger partial charge in [-0.05, 0) is 25.7 Å². The van der Waals surface area contributed by atoms with Gasteiger partial charge in [-0.1, -0.05) is 130 Å². The summed E-state index contributed by atoms with van der Waals surface area (Å²) in [5, 5.41) is 0. The molecule has 0 rings (SSSR count). The number of nitrogens with zero attached hydrogens (tertiary/aromatic N) is 2. The van der Waals surface area contributed by atoms with E-state index in [0.29, 0.717) is 25.7 Å². The summed E-state index contributed by atoms with van der Waals surface area (Å²) in [5.74, 6) is -0.633. The summed E-state index contributed by atoms with van der Waals surface area (Å²) in [6.07, 6.45) is 22.0. The SMILES string of the molecule is CCCCCCCC(=O)N(CCN(C(=O)CCCCCCC)C(=O)CCCCCCC)C(=O)CCCCCCC. The van der Waals surface area contributed by atoms with Crippen molar-refractivity contribution in [3.63, 3.8) is 0 Å². The molecule has 0 aliphatic carbocycles. The van der Waals surface area contributed by atoms with Gasteiger partial charge in [-0.15, -0.1) is 0 Å². The van der Waals surface area contributed by atoms with E-state index >= 15 is 0 Å². The standard InChI is InChI=1S/C34H64N2O4/c1-5-9-13-17-21-25-31(37)35(32(38)26-22-18-14-10-6-2)29-30-36(33(39)27-23-19-15-11-7-3)34(40)28-24-20-16-12-8-4/h5-30H2,1-4H3. The molecule has 0 aliphatic heterocycles. The Hall–Kier alpha value is -1.72. The highest BCUT2D eigenvalue weighted by Crippen LogP contribution is 2.14. The highest BCUT2D eigenvalue weighted by molar-refractivity contribution is 5.97. The van der Waals surface area contributed by atoms with Crippen LogP contribution in [0.25, 0.3) is 0 Å². The number of amides is 4. The van der Waals surface area contributed by atoms with Crippen LogP contribution in [0.4, 0.5) is 0 Å². The zero-order valence-electron chi connectivity index (χ0n) is 26.9. The number of unbranched alkanes of at least 4 members (excludes halogenated alkanes) is 16. The molecule has 4 amide bonds. The van der Waals surface area contributed by atoms with Gasteiger partial charge >= 0.3 is 0 Å². The minimum Gasteiger partial charge on any atom is -0.281 e. The molecule has 0 spiro atoms. The largest absolute Gasteiger partial charge is 0.281 e. The van der Waals surface area contributed by atoms with E-state index in [-0.39, 0.29) is 36.7 Å². The fourth-order valence-corrected chi connectivity index (χ4v) is 5.04. The van der Waals surface area contributed by atoms with Gasteiger partial charge in [-0.3, -0.25) is 29.0 Å². The number of carbonyl (C=O) groups is 4. The van der Waals surface area contributed by atoms with Crippen molar-refractivity contribution in [1.29, 1.82) is 0 Å². The van der Waals surface area contributed by atoms with Crippen molar-refractivity contribution in [3.05, 3.63) is 0 Å². The summed E-state index contributed by atoms with van der Waals surface area (Å²) in [6.45, 7) is 8.89. The maximum atomic E-state index is 13.2. The Balaban J connectivity index is 5.29. The first-order valence-corrected chi connectivity index (χ1v) is 17.1. The van der Waals surface area contributed by atoms with Crippen molar-refractivity contribution in [1.82, 2.24) is 9.80 Å². The first-order chi connectivity index (χ1) is 19.4. The predicted molar refractivity (Wildman–Crippen MR) is 167 cm³/mol. The zero-order valence-corrected chi connectivity index (χ0v) is 26.9. The molecule has 6 nitrogen and oxygen atoms in total. The first-order valence-electron chi connectivity index (χ1n) is 17.1. The summed E-state index contributed by atoms with van der Waals surface area (Å²) in [4.78, 5) is 55.4. The van der Waals surface area contributed by atoms with Crippen molar-refractivity contribution < 1.29 is 19.2 Å². The monoisotopic (exact) mass is 564 g/mol. The third-order valence-electron chi connectivity index (χ3n) is 7.73. The Morgan fingerprint density at radius 1 is 0.325 bits per heavy atom. The molecule has 0 heterocycles. The smallest absolute Gasteiger partial charge is 0.229 e. The van der Waals surface area contributed by atoms with E-state index in [9.17, 15) is 19.2 Å². The highest BCUT2D eigenvalue weighted by Gasteiger charge is 2.25. The lowest BCUT2D eigenvalue weighted by atomic mass is 10.1. The van der Waals surface area contributed by atoms with Crippen molar-refractivity contribution in [2.45, 2.75) is 182 Å². The van der Waals surface area contributed by atoms with Gasteiger partial charge in [0.05, 0.1) is 0 Å². The second-order valence-electron chi connectivity index (χ2n) is 11.5. The Morgan fingerprint density at radius 2 is 0.525 bits per heavy atom. The van der Waals surface area contributed by atoms with Gasteiger partial charge in [0.2, 0.25) is 23.6 Å². The lowest BCUT2D eigenvalue weighted by Crippen LogP contribution is -2.46. The highest BCUT2D eigenvalue weighted by atomic mass is 16.2. The van der Waals surface area contributed by atoms with Crippen LogP contribution in [0.3, 0.4) is 0 Å². The Labute approximate surface area is 247 Å². The van der Waals surface area contributed by atoms with Crippen molar-refractivity contribution in [2.75, 3.05) is 13.1 Å². The number of hydrogen-bond acceptors (Lipinski definition) is 4. The summed E-state index contributed by atoms with van der Waals surface area (Å²) in [6, 6.07) is 0. The number of imide groups is 2. The summed E-state index contributed by atoms with van der Waals surface area (Å²) in [7, 11) is 0. The van der Waals surface area contributed by atoms with Crippen LogP contribution in [0.15, 0.2) is 0 Å². The molecular weight excluding hydrogens is 500 g/mol. The van der Waals surface area contributed by atoms with Crippen LogP contribution in [0.2, 0.25) is 0 Å². The van der Waals surface area contributed by atoms with Crippen LogP contribution >= 0.6 is 0 Å². The molecule has 0 aromatic carbocycles. The molecule has 40 heavy (non-hydrogen) atoms. The molecule has 0 atom stereocenters. The molecule has 0 fully saturated rings. The molecule has 0 unspecified atom stereocenters. The van der Waals surface area contributed by atoms with Crippen molar-refractivity contribution >= 4 is 23.6 Å². The topological polar surface area (TPSA) is 74.8 Å². The second kappa shape index (κ2) is 27.4. The van der Waals surface area contributed by atoms with Gasteiger partial charge in [-0.25, -0.2) is 0 Å². The summed E-state index contributed by atoms with van der Waals surface area (Å²) in [5.41, 5.74) is 0. The van der Waals surface area contributed by atoms with E-state index in [2.05, 4.69) is 27.7 Å². The first kappa shape index (κ1) is 38.3. The fourth-order valence-electron chi connectivity index (χ4n) is 5.04. The van der Waals surface area contributed by atoms with Gasteiger partial charge in [0, 0.05) is 38.8 Å². The van der Waals surface area contributed by atoms with E-state index in [1.165, 1.54) is 9.80 Å². The summed E-state index contributed by atoms with van der Waals surface area (Å²) >= 11 is 0. The third kappa shape index (κ3) is 20.2. The minimum absolute atomic E-state index is 0.116. The Morgan fingerprint density at radius 3 is 0.725 bits per heavy atom. The van der Waals surface area contributed by atoms with E-state index in [0.717, 1.165) is 128 Å². The van der Waals surface area contributed by atoms with Crippen LogP contribution in [0.1, 0.15) is 182 Å². The molecule has 0 aromatic heterocycles. The molecule has 0 bridgehead atoms. The van der Waals surface area contributed by atoms with Crippen molar-refractivity contribution in [2.24, 2.45) is 0 Å².